The highest BCUT2D eigenvalue weighted by atomic mass is 16.5. The molecule has 0 saturated carbocycles. The number of likely N-dealkylation sites (N-methyl/N-ethyl adjacent to an activating group) is 1. The zero-order valence-electron chi connectivity index (χ0n) is 13.9. The molecule has 0 unspecified atom stereocenters. The lowest BCUT2D eigenvalue weighted by atomic mass is 10.1. The van der Waals surface area contributed by atoms with E-state index in [0.717, 1.165) is 35.4 Å². The Morgan fingerprint density at radius 1 is 1.35 bits per heavy atom. The van der Waals surface area contributed by atoms with Gasteiger partial charge in [0, 0.05) is 43.4 Å². The number of amides is 1. The Morgan fingerprint density at radius 3 is 2.96 bits per heavy atom. The van der Waals surface area contributed by atoms with Crippen molar-refractivity contribution >= 4 is 5.91 Å². The van der Waals surface area contributed by atoms with Gasteiger partial charge in [0.1, 0.15) is 5.75 Å². The van der Waals surface area contributed by atoms with E-state index in [1.54, 1.807) is 4.90 Å². The number of fused-ring (bicyclic) bond motifs is 1. The van der Waals surface area contributed by atoms with Crippen molar-refractivity contribution in [1.82, 2.24) is 9.88 Å². The molecule has 0 fully saturated rings. The lowest BCUT2D eigenvalue weighted by Gasteiger charge is -2.25. The summed E-state index contributed by atoms with van der Waals surface area (Å²) in [5, 5.41) is 0. The van der Waals surface area contributed by atoms with E-state index in [0.29, 0.717) is 6.61 Å². The molecule has 1 aliphatic rings. The summed E-state index contributed by atoms with van der Waals surface area (Å²) in [5.41, 5.74) is 4.05. The lowest BCUT2D eigenvalue weighted by Crippen LogP contribution is -2.36. The van der Waals surface area contributed by atoms with Crippen molar-refractivity contribution in [2.24, 2.45) is 0 Å². The maximum absolute atomic E-state index is 12.7. The van der Waals surface area contributed by atoms with Crippen LogP contribution >= 0.6 is 0 Å². The third kappa shape index (κ3) is 3.36. The maximum atomic E-state index is 12.7. The van der Waals surface area contributed by atoms with Crippen LogP contribution in [0.4, 0.5) is 0 Å². The Balaban J connectivity index is 1.71. The highest BCUT2D eigenvalue weighted by molar-refractivity contribution is 5.94. The highest BCUT2D eigenvalue weighted by Gasteiger charge is 2.21. The number of rotatable bonds is 4. The second-order valence-corrected chi connectivity index (χ2v) is 6.21. The van der Waals surface area contributed by atoms with Gasteiger partial charge < -0.3 is 9.64 Å². The summed E-state index contributed by atoms with van der Waals surface area (Å²) in [6.07, 6.45) is 3.45. The molecule has 1 amide bonds. The second kappa shape index (κ2) is 6.41. The summed E-state index contributed by atoms with van der Waals surface area (Å²) in [6.45, 7) is 4.81. The number of ether oxygens (including phenoxy) is 1. The zero-order chi connectivity index (χ0) is 16.4. The number of carbonyl (C=O) groups excluding carboxylic acids is 1. The number of carbonyl (C=O) groups is 1. The molecule has 1 atom stereocenters. The van der Waals surface area contributed by atoms with E-state index in [1.165, 1.54) is 5.56 Å². The minimum Gasteiger partial charge on any atom is -0.493 e. The van der Waals surface area contributed by atoms with E-state index in [9.17, 15) is 4.79 Å². The van der Waals surface area contributed by atoms with Crippen LogP contribution in [0.15, 0.2) is 36.5 Å². The van der Waals surface area contributed by atoms with Crippen molar-refractivity contribution in [2.45, 2.75) is 32.7 Å². The predicted octanol–water partition coefficient (Wildman–Crippen LogP) is 3.03. The third-order valence-electron chi connectivity index (χ3n) is 4.39. The van der Waals surface area contributed by atoms with Crippen LogP contribution in [0.25, 0.3) is 0 Å². The van der Waals surface area contributed by atoms with Crippen LogP contribution in [-0.2, 0) is 12.8 Å². The van der Waals surface area contributed by atoms with Gasteiger partial charge in [0.25, 0.3) is 5.91 Å². The largest absolute Gasteiger partial charge is 0.493 e. The first-order valence-corrected chi connectivity index (χ1v) is 7.99. The van der Waals surface area contributed by atoms with Gasteiger partial charge in [0.15, 0.2) is 0 Å². The van der Waals surface area contributed by atoms with Crippen LogP contribution in [0.1, 0.15) is 34.1 Å². The monoisotopic (exact) mass is 310 g/mol. The average molecular weight is 310 g/mol. The van der Waals surface area contributed by atoms with Crippen LogP contribution in [0.3, 0.4) is 0 Å². The van der Waals surface area contributed by atoms with Crippen LogP contribution in [0, 0.1) is 6.92 Å². The summed E-state index contributed by atoms with van der Waals surface area (Å²) in [7, 11) is 1.85. The zero-order valence-corrected chi connectivity index (χ0v) is 13.9. The summed E-state index contributed by atoms with van der Waals surface area (Å²) in [4.78, 5) is 18.9. The molecule has 1 aromatic heterocycles. The molecule has 0 aliphatic carbocycles. The third-order valence-corrected chi connectivity index (χ3v) is 4.39. The normalized spacial score (nSPS) is 14.0. The summed E-state index contributed by atoms with van der Waals surface area (Å²) in [6, 6.07) is 9.84. The van der Waals surface area contributed by atoms with E-state index in [4.69, 9.17) is 4.74 Å². The van der Waals surface area contributed by atoms with Crippen LogP contribution in [0.2, 0.25) is 0 Å². The molecule has 0 N–H and O–H groups in total. The molecule has 2 heterocycles. The smallest absolute Gasteiger partial charge is 0.253 e. The lowest BCUT2D eigenvalue weighted by molar-refractivity contribution is 0.0743. The molecule has 0 radical (unpaired) electrons. The summed E-state index contributed by atoms with van der Waals surface area (Å²) < 4.78 is 5.50. The quantitative estimate of drug-likeness (QED) is 0.872. The van der Waals surface area contributed by atoms with Gasteiger partial charge in [0.2, 0.25) is 0 Å². The maximum Gasteiger partial charge on any atom is 0.253 e. The molecule has 120 valence electrons. The first kappa shape index (κ1) is 15.5. The predicted molar refractivity (Wildman–Crippen MR) is 89.9 cm³/mol. The number of aromatic nitrogens is 1. The molecule has 0 bridgehead atoms. The van der Waals surface area contributed by atoms with Crippen LogP contribution < -0.4 is 4.74 Å². The molecule has 2 aromatic rings. The minimum absolute atomic E-state index is 0.0415. The molecule has 4 nitrogen and oxygen atoms in total. The Labute approximate surface area is 137 Å². The number of hydrogen-bond donors (Lipinski definition) is 0. The minimum atomic E-state index is 0.0415. The fourth-order valence-electron chi connectivity index (χ4n) is 2.87. The summed E-state index contributed by atoms with van der Waals surface area (Å²) >= 11 is 0. The van der Waals surface area contributed by atoms with Gasteiger partial charge in [-0.05, 0) is 55.3 Å². The van der Waals surface area contributed by atoms with Gasteiger partial charge in [-0.15, -0.1) is 0 Å². The van der Waals surface area contributed by atoms with E-state index < -0.39 is 0 Å². The molecule has 0 spiro atoms. The van der Waals surface area contributed by atoms with Gasteiger partial charge in [0.05, 0.1) is 6.61 Å². The number of pyridine rings is 1. The van der Waals surface area contributed by atoms with E-state index in [2.05, 4.69) is 24.9 Å². The van der Waals surface area contributed by atoms with Crippen molar-refractivity contribution < 1.29 is 9.53 Å². The Hall–Kier alpha value is -2.36. The van der Waals surface area contributed by atoms with Gasteiger partial charge >= 0.3 is 0 Å². The van der Waals surface area contributed by atoms with Crippen molar-refractivity contribution in [3.63, 3.8) is 0 Å². The number of hydrogen-bond acceptors (Lipinski definition) is 3. The van der Waals surface area contributed by atoms with Gasteiger partial charge in [-0.2, -0.15) is 0 Å². The topological polar surface area (TPSA) is 42.4 Å². The Kier molecular flexibility index (Phi) is 4.33. The fraction of sp³-hybridized carbons (Fsp3) is 0.368. The molecule has 0 saturated heterocycles. The molecule has 4 heteroatoms. The van der Waals surface area contributed by atoms with Gasteiger partial charge in [-0.25, -0.2) is 0 Å². The molecule has 23 heavy (non-hydrogen) atoms. The van der Waals surface area contributed by atoms with Gasteiger partial charge in [-0.1, -0.05) is 0 Å². The average Bonchev–Trinajstić information content (AvgIpc) is 3.01. The standard InChI is InChI=1S/C19H22N2O2/c1-13-6-8-20-17(10-13)11-14(2)21(3)19(22)16-4-5-18-15(12-16)7-9-23-18/h4-6,8,10,12,14H,7,9,11H2,1-3H3/t14-/m0/s1. The van der Waals surface area contributed by atoms with Gasteiger partial charge in [-0.3, -0.25) is 9.78 Å². The first-order valence-electron chi connectivity index (χ1n) is 7.99. The molecular formula is C19H22N2O2. The van der Waals surface area contributed by atoms with E-state index in [1.807, 2.05) is 37.5 Å². The molecule has 1 aliphatic heterocycles. The van der Waals surface area contributed by atoms with Crippen molar-refractivity contribution in [2.75, 3.05) is 13.7 Å². The SMILES string of the molecule is Cc1ccnc(C[C@H](C)N(C)C(=O)c2ccc3c(c2)CCO3)c1. The van der Waals surface area contributed by atoms with Crippen molar-refractivity contribution in [3.05, 3.63) is 58.9 Å². The number of benzene rings is 1. The Bertz CT molecular complexity index is 727. The second-order valence-electron chi connectivity index (χ2n) is 6.21. The van der Waals surface area contributed by atoms with E-state index >= 15 is 0 Å². The fourth-order valence-corrected chi connectivity index (χ4v) is 2.87. The molecular weight excluding hydrogens is 288 g/mol. The highest BCUT2D eigenvalue weighted by Crippen LogP contribution is 2.26. The first-order chi connectivity index (χ1) is 11.0. The van der Waals surface area contributed by atoms with Crippen molar-refractivity contribution in [1.29, 1.82) is 0 Å². The number of nitrogens with zero attached hydrogens (tertiary/aromatic N) is 2. The van der Waals surface area contributed by atoms with Crippen molar-refractivity contribution in [3.8, 4) is 5.75 Å². The van der Waals surface area contributed by atoms with E-state index in [-0.39, 0.29) is 11.9 Å². The molecule has 3 rings (SSSR count). The Morgan fingerprint density at radius 2 is 2.17 bits per heavy atom. The summed E-state index contributed by atoms with van der Waals surface area (Å²) in [5.74, 6) is 0.945. The molecule has 1 aromatic carbocycles. The van der Waals surface area contributed by atoms with Crippen LogP contribution in [0.5, 0.6) is 5.75 Å². The van der Waals surface area contributed by atoms with Crippen LogP contribution in [-0.4, -0.2) is 35.5 Å². The number of aryl methyl sites for hydroxylation is 1.